The SMILES string of the molecule is CC(C(=O)NC1CC1)N1CCN(C(=O)c2cccc(Cl)c2Cl)CC1. The molecule has 0 radical (unpaired) electrons. The smallest absolute Gasteiger partial charge is 0.255 e. The second-order valence-corrected chi connectivity index (χ2v) is 7.17. The molecule has 3 rings (SSSR count). The van der Waals surface area contributed by atoms with Crippen LogP contribution in [0.4, 0.5) is 0 Å². The Morgan fingerprint density at radius 3 is 2.46 bits per heavy atom. The first-order valence-electron chi connectivity index (χ1n) is 8.25. The van der Waals surface area contributed by atoms with Crippen LogP contribution in [0.5, 0.6) is 0 Å². The molecule has 1 atom stereocenters. The van der Waals surface area contributed by atoms with Crippen LogP contribution >= 0.6 is 23.2 Å². The van der Waals surface area contributed by atoms with Crippen molar-refractivity contribution in [3.8, 4) is 0 Å². The van der Waals surface area contributed by atoms with Crippen molar-refractivity contribution in [2.75, 3.05) is 26.2 Å². The van der Waals surface area contributed by atoms with Crippen molar-refractivity contribution in [2.45, 2.75) is 31.8 Å². The van der Waals surface area contributed by atoms with Gasteiger partial charge in [-0.1, -0.05) is 29.3 Å². The number of carbonyl (C=O) groups excluding carboxylic acids is 2. The minimum Gasteiger partial charge on any atom is -0.352 e. The molecule has 130 valence electrons. The van der Waals surface area contributed by atoms with Crippen LogP contribution < -0.4 is 5.32 Å². The van der Waals surface area contributed by atoms with E-state index in [1.807, 2.05) is 6.92 Å². The Balaban J connectivity index is 1.57. The van der Waals surface area contributed by atoms with E-state index in [1.165, 1.54) is 0 Å². The van der Waals surface area contributed by atoms with Crippen molar-refractivity contribution in [3.63, 3.8) is 0 Å². The highest BCUT2D eigenvalue weighted by molar-refractivity contribution is 6.43. The Kier molecular flexibility index (Phi) is 5.33. The lowest BCUT2D eigenvalue weighted by Gasteiger charge is -2.37. The summed E-state index contributed by atoms with van der Waals surface area (Å²) in [7, 11) is 0. The first-order valence-corrected chi connectivity index (χ1v) is 9.00. The van der Waals surface area contributed by atoms with Crippen LogP contribution in [0, 0.1) is 0 Å². The number of halogens is 2. The minimum absolute atomic E-state index is 0.0789. The average Bonchev–Trinajstić information content (AvgIpc) is 3.40. The quantitative estimate of drug-likeness (QED) is 0.886. The molecule has 1 saturated carbocycles. The molecule has 1 aromatic carbocycles. The highest BCUT2D eigenvalue weighted by Crippen LogP contribution is 2.27. The molecular formula is C17H21Cl2N3O2. The minimum atomic E-state index is -0.169. The lowest BCUT2D eigenvalue weighted by atomic mass is 10.1. The Bertz CT molecular complexity index is 641. The summed E-state index contributed by atoms with van der Waals surface area (Å²) in [4.78, 5) is 28.6. The predicted molar refractivity (Wildman–Crippen MR) is 94.6 cm³/mol. The van der Waals surface area contributed by atoms with E-state index in [9.17, 15) is 9.59 Å². The number of hydrogen-bond donors (Lipinski definition) is 1. The summed E-state index contributed by atoms with van der Waals surface area (Å²) in [6.07, 6.45) is 2.17. The van der Waals surface area contributed by atoms with Gasteiger partial charge in [-0.2, -0.15) is 0 Å². The Hall–Kier alpha value is -1.30. The summed E-state index contributed by atoms with van der Waals surface area (Å²) >= 11 is 12.1. The molecule has 1 aromatic rings. The number of nitrogens with one attached hydrogen (secondary N) is 1. The third kappa shape index (κ3) is 3.85. The van der Waals surface area contributed by atoms with Crippen LogP contribution in [0.2, 0.25) is 10.0 Å². The van der Waals surface area contributed by atoms with E-state index in [4.69, 9.17) is 23.2 Å². The van der Waals surface area contributed by atoms with Gasteiger partial charge in [0.1, 0.15) is 0 Å². The maximum Gasteiger partial charge on any atom is 0.255 e. The van der Waals surface area contributed by atoms with Gasteiger partial charge in [0.25, 0.3) is 5.91 Å². The van der Waals surface area contributed by atoms with E-state index in [0.717, 1.165) is 12.8 Å². The zero-order chi connectivity index (χ0) is 17.3. The molecule has 2 fully saturated rings. The number of nitrogens with zero attached hydrogens (tertiary/aromatic N) is 2. The number of hydrogen-bond acceptors (Lipinski definition) is 3. The Morgan fingerprint density at radius 1 is 1.17 bits per heavy atom. The van der Waals surface area contributed by atoms with Crippen LogP contribution in [0.3, 0.4) is 0 Å². The number of piperazine rings is 1. The lowest BCUT2D eigenvalue weighted by molar-refractivity contribution is -0.126. The zero-order valence-corrected chi connectivity index (χ0v) is 15.1. The van der Waals surface area contributed by atoms with E-state index < -0.39 is 0 Å². The number of benzene rings is 1. The summed E-state index contributed by atoms with van der Waals surface area (Å²) in [5.74, 6) is -0.0348. The van der Waals surface area contributed by atoms with Gasteiger partial charge in [-0.05, 0) is 31.9 Å². The summed E-state index contributed by atoms with van der Waals surface area (Å²) in [5, 5.41) is 3.71. The summed E-state index contributed by atoms with van der Waals surface area (Å²) in [6, 6.07) is 5.28. The number of carbonyl (C=O) groups is 2. The van der Waals surface area contributed by atoms with Crippen molar-refractivity contribution in [1.82, 2.24) is 15.1 Å². The van der Waals surface area contributed by atoms with Gasteiger partial charge in [-0.25, -0.2) is 0 Å². The van der Waals surface area contributed by atoms with Gasteiger partial charge in [0.15, 0.2) is 0 Å². The molecule has 5 nitrogen and oxygen atoms in total. The van der Waals surface area contributed by atoms with Crippen LogP contribution in [0.15, 0.2) is 18.2 Å². The first-order chi connectivity index (χ1) is 11.5. The summed E-state index contributed by atoms with van der Waals surface area (Å²) in [6.45, 7) is 4.40. The summed E-state index contributed by atoms with van der Waals surface area (Å²) < 4.78 is 0. The fourth-order valence-corrected chi connectivity index (χ4v) is 3.25. The molecule has 7 heteroatoms. The van der Waals surface area contributed by atoms with Crippen LogP contribution in [0.1, 0.15) is 30.1 Å². The Labute approximate surface area is 151 Å². The molecular weight excluding hydrogens is 349 g/mol. The molecule has 24 heavy (non-hydrogen) atoms. The first kappa shape index (κ1) is 17.5. The average molecular weight is 370 g/mol. The molecule has 1 heterocycles. The second-order valence-electron chi connectivity index (χ2n) is 6.39. The van der Waals surface area contributed by atoms with Gasteiger partial charge < -0.3 is 10.2 Å². The third-order valence-electron chi connectivity index (χ3n) is 4.63. The number of rotatable bonds is 4. The van der Waals surface area contributed by atoms with E-state index in [2.05, 4.69) is 10.2 Å². The van der Waals surface area contributed by atoms with Crippen molar-refractivity contribution < 1.29 is 9.59 Å². The van der Waals surface area contributed by atoms with E-state index in [0.29, 0.717) is 47.8 Å². The second kappa shape index (κ2) is 7.30. The van der Waals surface area contributed by atoms with E-state index in [1.54, 1.807) is 23.1 Å². The fraction of sp³-hybridized carbons (Fsp3) is 0.529. The van der Waals surface area contributed by atoms with Crippen molar-refractivity contribution in [3.05, 3.63) is 33.8 Å². The molecule has 2 aliphatic rings. The Morgan fingerprint density at radius 2 is 1.83 bits per heavy atom. The van der Waals surface area contributed by atoms with E-state index >= 15 is 0 Å². The molecule has 1 unspecified atom stereocenters. The molecule has 0 aromatic heterocycles. The van der Waals surface area contributed by atoms with Gasteiger partial charge in [0.05, 0.1) is 21.7 Å². The molecule has 1 N–H and O–H groups in total. The summed E-state index contributed by atoms with van der Waals surface area (Å²) in [5.41, 5.74) is 0.428. The fourth-order valence-electron chi connectivity index (χ4n) is 2.87. The molecule has 1 saturated heterocycles. The highest BCUT2D eigenvalue weighted by Gasteiger charge is 2.31. The third-order valence-corrected chi connectivity index (χ3v) is 5.45. The monoisotopic (exact) mass is 369 g/mol. The van der Waals surface area contributed by atoms with Crippen LogP contribution in [0.25, 0.3) is 0 Å². The lowest BCUT2D eigenvalue weighted by Crippen LogP contribution is -2.55. The number of amides is 2. The molecule has 1 aliphatic carbocycles. The highest BCUT2D eigenvalue weighted by atomic mass is 35.5. The van der Waals surface area contributed by atoms with Gasteiger partial charge >= 0.3 is 0 Å². The predicted octanol–water partition coefficient (Wildman–Crippen LogP) is 2.42. The maximum atomic E-state index is 12.6. The maximum absolute atomic E-state index is 12.6. The van der Waals surface area contributed by atoms with Gasteiger partial charge in [-0.15, -0.1) is 0 Å². The topological polar surface area (TPSA) is 52.7 Å². The zero-order valence-electron chi connectivity index (χ0n) is 13.6. The van der Waals surface area contributed by atoms with Crippen molar-refractivity contribution in [1.29, 1.82) is 0 Å². The van der Waals surface area contributed by atoms with Crippen LogP contribution in [-0.2, 0) is 4.79 Å². The van der Waals surface area contributed by atoms with E-state index in [-0.39, 0.29) is 17.9 Å². The molecule has 2 amide bonds. The van der Waals surface area contributed by atoms with Crippen LogP contribution in [-0.4, -0.2) is 59.9 Å². The molecule has 0 spiro atoms. The van der Waals surface area contributed by atoms with Gasteiger partial charge in [0, 0.05) is 32.2 Å². The van der Waals surface area contributed by atoms with Gasteiger partial charge in [-0.3, -0.25) is 14.5 Å². The largest absolute Gasteiger partial charge is 0.352 e. The molecule has 1 aliphatic heterocycles. The van der Waals surface area contributed by atoms with Crippen molar-refractivity contribution in [2.24, 2.45) is 0 Å². The van der Waals surface area contributed by atoms with Gasteiger partial charge in [0.2, 0.25) is 5.91 Å². The molecule has 0 bridgehead atoms. The van der Waals surface area contributed by atoms with Crippen molar-refractivity contribution >= 4 is 35.0 Å². The normalized spacial score (nSPS) is 19.9. The standard InChI is InChI=1S/C17H21Cl2N3O2/c1-11(16(23)20-12-5-6-12)21-7-9-22(10-8-21)17(24)13-3-2-4-14(18)15(13)19/h2-4,11-12H,5-10H2,1H3,(H,20,23).